The number of aliphatic hydroxyl groups excluding tert-OH is 1. The topological polar surface area (TPSA) is 69.4 Å². The Morgan fingerprint density at radius 1 is 1.17 bits per heavy atom. The van der Waals surface area contributed by atoms with Gasteiger partial charge in [-0.1, -0.05) is 29.8 Å². The molecule has 0 spiro atoms. The average Bonchev–Trinajstić information content (AvgIpc) is 3.25. The molecule has 0 saturated carbocycles. The van der Waals surface area contributed by atoms with Crippen LogP contribution in [0, 0.1) is 5.41 Å². The number of aliphatic hydroxyl groups is 1. The summed E-state index contributed by atoms with van der Waals surface area (Å²) < 4.78 is 41.4. The van der Waals surface area contributed by atoms with E-state index in [0.717, 1.165) is 5.56 Å². The Kier molecular flexibility index (Phi) is 5.17. The van der Waals surface area contributed by atoms with E-state index in [2.05, 4.69) is 9.72 Å². The summed E-state index contributed by atoms with van der Waals surface area (Å²) >= 11 is 7.16. The van der Waals surface area contributed by atoms with Crippen LogP contribution in [0.25, 0.3) is 16.8 Å². The molecule has 2 N–H and O–H groups in total. The third-order valence-electron chi connectivity index (χ3n) is 4.32. The van der Waals surface area contributed by atoms with Gasteiger partial charge in [-0.15, -0.1) is 24.5 Å². The highest BCUT2D eigenvalue weighted by molar-refractivity contribution is 7.11. The second kappa shape index (κ2) is 7.66. The molecule has 0 fully saturated rings. The number of thiazole rings is 1. The van der Waals surface area contributed by atoms with Crippen LogP contribution in [-0.2, 0) is 0 Å². The molecular weight excluding hydrogens is 439 g/mol. The third kappa shape index (κ3) is 4.12. The Labute approximate surface area is 178 Å². The van der Waals surface area contributed by atoms with E-state index < -0.39 is 12.1 Å². The number of nitrogens with one attached hydrogen (secondary N) is 1. The molecule has 30 heavy (non-hydrogen) atoms. The first-order valence-electron chi connectivity index (χ1n) is 8.57. The van der Waals surface area contributed by atoms with Crippen molar-refractivity contribution in [3.8, 4) is 17.0 Å². The number of ether oxygens (including phenoxy) is 1. The van der Waals surface area contributed by atoms with Crippen LogP contribution in [0.5, 0.6) is 5.75 Å². The van der Waals surface area contributed by atoms with Crippen molar-refractivity contribution < 1.29 is 23.0 Å². The van der Waals surface area contributed by atoms with E-state index in [-0.39, 0.29) is 29.4 Å². The minimum absolute atomic E-state index is 0.0561. The smallest absolute Gasteiger partial charge is 0.510 e. The number of alkyl halides is 3. The summed E-state index contributed by atoms with van der Waals surface area (Å²) in [6, 6.07) is 12.4. The van der Waals surface area contributed by atoms with Crippen molar-refractivity contribution in [1.29, 1.82) is 5.41 Å². The van der Waals surface area contributed by atoms with Gasteiger partial charge >= 0.3 is 6.36 Å². The van der Waals surface area contributed by atoms with Crippen molar-refractivity contribution in [3.05, 3.63) is 69.7 Å². The number of hydrogen-bond donors (Lipinski definition) is 2. The van der Waals surface area contributed by atoms with E-state index in [1.807, 2.05) is 12.1 Å². The van der Waals surface area contributed by atoms with Crippen molar-refractivity contribution in [1.82, 2.24) is 4.98 Å². The van der Waals surface area contributed by atoms with E-state index in [9.17, 15) is 18.3 Å². The van der Waals surface area contributed by atoms with Crippen molar-refractivity contribution in [3.63, 3.8) is 0 Å². The highest BCUT2D eigenvalue weighted by Gasteiger charge is 2.33. The minimum atomic E-state index is -4.82. The fraction of sp³-hybridized carbons (Fsp3) is 0.100. The van der Waals surface area contributed by atoms with Gasteiger partial charge in [-0.25, -0.2) is 4.98 Å². The molecule has 0 bridgehead atoms. The summed E-state index contributed by atoms with van der Waals surface area (Å²) in [5, 5.41) is 21.7. The van der Waals surface area contributed by atoms with Gasteiger partial charge in [0.15, 0.2) is 0 Å². The summed E-state index contributed by atoms with van der Waals surface area (Å²) in [5.41, 5.74) is 2.03. The van der Waals surface area contributed by atoms with Crippen LogP contribution >= 0.6 is 22.9 Å². The highest BCUT2D eigenvalue weighted by atomic mass is 35.5. The summed E-state index contributed by atoms with van der Waals surface area (Å²) in [4.78, 5) is 5.89. The highest BCUT2D eigenvalue weighted by Crippen LogP contribution is 2.36. The normalized spacial score (nSPS) is 14.5. The largest absolute Gasteiger partial charge is 0.573 e. The maximum atomic E-state index is 12.5. The lowest BCUT2D eigenvalue weighted by atomic mass is 10.2. The lowest BCUT2D eigenvalue weighted by Gasteiger charge is -2.19. The molecule has 0 atom stereocenters. The fourth-order valence-corrected chi connectivity index (χ4v) is 4.04. The van der Waals surface area contributed by atoms with Crippen LogP contribution in [-0.4, -0.2) is 28.8 Å². The van der Waals surface area contributed by atoms with Gasteiger partial charge in [0.05, 0.1) is 17.8 Å². The van der Waals surface area contributed by atoms with Crippen molar-refractivity contribution >= 4 is 40.0 Å². The molecule has 1 aliphatic rings. The molecule has 154 valence electrons. The Hall–Kier alpha value is -3.04. The van der Waals surface area contributed by atoms with Gasteiger partial charge in [-0.05, 0) is 24.3 Å². The van der Waals surface area contributed by atoms with Crippen LogP contribution in [0.4, 0.5) is 18.9 Å². The zero-order valence-corrected chi connectivity index (χ0v) is 16.6. The molecule has 1 aliphatic heterocycles. The van der Waals surface area contributed by atoms with Crippen molar-refractivity contribution in [2.75, 3.05) is 11.4 Å². The molecule has 0 radical (unpaired) electrons. The Balaban J connectivity index is 1.59. The molecule has 5 nitrogen and oxygen atoms in total. The molecule has 0 unspecified atom stereocenters. The average molecular weight is 452 g/mol. The lowest BCUT2D eigenvalue weighted by Crippen LogP contribution is -2.26. The molecule has 3 aromatic rings. The summed E-state index contributed by atoms with van der Waals surface area (Å²) in [6.45, 7) is -0.0561. The maximum absolute atomic E-state index is 12.5. The predicted molar refractivity (Wildman–Crippen MR) is 110 cm³/mol. The number of anilines is 1. The van der Waals surface area contributed by atoms with Gasteiger partial charge in [-0.3, -0.25) is 5.41 Å². The first-order chi connectivity index (χ1) is 14.2. The third-order valence-corrected chi connectivity index (χ3v) is 5.44. The van der Waals surface area contributed by atoms with Gasteiger partial charge in [0.25, 0.3) is 0 Å². The molecule has 10 heteroatoms. The molecule has 0 aliphatic carbocycles. The zero-order chi connectivity index (χ0) is 21.5. The quantitative estimate of drug-likeness (QED) is 0.500. The number of rotatable bonds is 4. The van der Waals surface area contributed by atoms with Crippen LogP contribution in [0.2, 0.25) is 5.02 Å². The summed E-state index contributed by atoms with van der Waals surface area (Å²) in [6.07, 6.45) is -4.82. The van der Waals surface area contributed by atoms with Gasteiger partial charge < -0.3 is 14.7 Å². The second-order valence-corrected chi connectivity index (χ2v) is 7.64. The molecular formula is C20H13ClF3N3O2S. The second-order valence-electron chi connectivity index (χ2n) is 6.35. The molecule has 2 heterocycles. The Bertz CT molecular complexity index is 1140. The van der Waals surface area contributed by atoms with Crippen LogP contribution in [0.15, 0.2) is 59.7 Å². The van der Waals surface area contributed by atoms with E-state index in [1.54, 1.807) is 17.5 Å². The number of amidine groups is 1. The monoisotopic (exact) mass is 451 g/mol. The van der Waals surface area contributed by atoms with Crippen LogP contribution < -0.4 is 9.64 Å². The summed E-state index contributed by atoms with van der Waals surface area (Å²) in [7, 11) is 0. The molecule has 0 amide bonds. The van der Waals surface area contributed by atoms with E-state index in [1.165, 1.54) is 40.5 Å². The number of halogens is 4. The SMILES string of the molecule is N=C1C(c2nc(-c3ccc(Cl)cc3)cs2)=C(O)CN1c1cccc(OC(F)(F)F)c1. The first-order valence-corrected chi connectivity index (χ1v) is 9.83. The van der Waals surface area contributed by atoms with Gasteiger partial charge in [0.2, 0.25) is 0 Å². The van der Waals surface area contributed by atoms with Gasteiger partial charge in [0, 0.05) is 27.7 Å². The molecule has 4 rings (SSSR count). The van der Waals surface area contributed by atoms with Gasteiger partial charge in [-0.2, -0.15) is 0 Å². The van der Waals surface area contributed by atoms with Crippen LogP contribution in [0.1, 0.15) is 5.01 Å². The van der Waals surface area contributed by atoms with E-state index in [0.29, 0.717) is 15.7 Å². The first kappa shape index (κ1) is 20.2. The molecule has 2 aromatic carbocycles. The minimum Gasteiger partial charge on any atom is -0.510 e. The van der Waals surface area contributed by atoms with E-state index in [4.69, 9.17) is 17.0 Å². The van der Waals surface area contributed by atoms with E-state index >= 15 is 0 Å². The fourth-order valence-electron chi connectivity index (χ4n) is 3.01. The Morgan fingerprint density at radius 2 is 1.90 bits per heavy atom. The molecule has 1 aromatic heterocycles. The number of aromatic nitrogens is 1. The maximum Gasteiger partial charge on any atom is 0.573 e. The standard InChI is InChI=1S/C20H13ClF3N3O2S/c21-12-6-4-11(5-7-12)15-10-30-19(26-15)17-16(28)9-27(18(17)25)13-2-1-3-14(8-13)29-20(22,23)24/h1-8,10,25,28H,9H2. The number of nitrogens with zero attached hydrogens (tertiary/aromatic N) is 2. The lowest BCUT2D eigenvalue weighted by molar-refractivity contribution is -0.274. The summed E-state index contributed by atoms with van der Waals surface area (Å²) in [5.74, 6) is -0.548. The van der Waals surface area contributed by atoms with Crippen molar-refractivity contribution in [2.45, 2.75) is 6.36 Å². The molecule has 0 saturated heterocycles. The van der Waals surface area contributed by atoms with Crippen molar-refractivity contribution in [2.24, 2.45) is 0 Å². The Morgan fingerprint density at radius 3 is 2.60 bits per heavy atom. The zero-order valence-electron chi connectivity index (χ0n) is 15.1. The van der Waals surface area contributed by atoms with Gasteiger partial charge in [0.1, 0.15) is 22.4 Å². The number of benzene rings is 2. The van der Waals surface area contributed by atoms with Crippen LogP contribution in [0.3, 0.4) is 0 Å². The predicted octanol–water partition coefficient (Wildman–Crippen LogP) is 6.13. The number of hydrogen-bond acceptors (Lipinski definition) is 5.